The summed E-state index contributed by atoms with van der Waals surface area (Å²) in [6.45, 7) is 11.2. The molecule has 0 spiro atoms. The molecule has 0 bridgehead atoms. The quantitative estimate of drug-likeness (QED) is 0.767. The Hall–Kier alpha value is -1.44. The van der Waals surface area contributed by atoms with Gasteiger partial charge in [0.2, 0.25) is 0 Å². The number of benzene rings is 1. The average molecular weight is 349 g/mol. The molecular formula is C18H25BFNO4. The van der Waals surface area contributed by atoms with Crippen molar-refractivity contribution in [2.75, 3.05) is 19.7 Å². The number of ether oxygens (including phenoxy) is 1. The summed E-state index contributed by atoms with van der Waals surface area (Å²) in [4.78, 5) is 14.4. The van der Waals surface area contributed by atoms with Crippen LogP contribution < -0.4 is 5.46 Å². The van der Waals surface area contributed by atoms with E-state index in [9.17, 15) is 9.18 Å². The number of hydrogen-bond acceptors (Lipinski definition) is 4. The Morgan fingerprint density at radius 2 is 1.84 bits per heavy atom. The highest BCUT2D eigenvalue weighted by Crippen LogP contribution is 2.36. The maximum Gasteiger partial charge on any atom is 0.494 e. The lowest BCUT2D eigenvalue weighted by Crippen LogP contribution is -2.45. The Labute approximate surface area is 148 Å². The summed E-state index contributed by atoms with van der Waals surface area (Å²) in [5, 5.41) is 0. The SMILES string of the molecule is CC1CN(C(=O)c2cc(F)cc(B3OC(C)(C)C(C)(C)O3)c2)CCO1. The molecule has 0 saturated carbocycles. The maximum atomic E-state index is 14.2. The zero-order valence-electron chi connectivity index (χ0n) is 15.5. The number of nitrogens with zero attached hydrogens (tertiary/aromatic N) is 1. The highest BCUT2D eigenvalue weighted by Gasteiger charge is 2.51. The molecule has 0 aliphatic carbocycles. The van der Waals surface area contributed by atoms with Gasteiger partial charge in [0.1, 0.15) is 5.82 Å². The largest absolute Gasteiger partial charge is 0.494 e. The zero-order chi connectivity index (χ0) is 18.4. The van der Waals surface area contributed by atoms with Crippen LogP contribution in [0.4, 0.5) is 4.39 Å². The van der Waals surface area contributed by atoms with Gasteiger partial charge in [-0.2, -0.15) is 0 Å². The minimum atomic E-state index is -0.698. The lowest BCUT2D eigenvalue weighted by atomic mass is 9.78. The third-order valence-corrected chi connectivity index (χ3v) is 5.22. The highest BCUT2D eigenvalue weighted by molar-refractivity contribution is 6.62. The molecule has 2 aliphatic heterocycles. The predicted molar refractivity (Wildman–Crippen MR) is 93.4 cm³/mol. The van der Waals surface area contributed by atoms with E-state index < -0.39 is 24.1 Å². The summed E-state index contributed by atoms with van der Waals surface area (Å²) in [6.07, 6.45) is -0.0196. The van der Waals surface area contributed by atoms with Gasteiger partial charge in [0, 0.05) is 18.7 Å². The first-order valence-electron chi connectivity index (χ1n) is 8.66. The van der Waals surface area contributed by atoms with E-state index in [0.29, 0.717) is 30.7 Å². The molecule has 25 heavy (non-hydrogen) atoms. The van der Waals surface area contributed by atoms with Gasteiger partial charge in [-0.3, -0.25) is 4.79 Å². The Kier molecular flexibility index (Phi) is 4.68. The number of carbonyl (C=O) groups is 1. The topological polar surface area (TPSA) is 48.0 Å². The van der Waals surface area contributed by atoms with Crippen molar-refractivity contribution in [1.29, 1.82) is 0 Å². The average Bonchev–Trinajstić information content (AvgIpc) is 2.74. The molecule has 2 fully saturated rings. The molecule has 1 aromatic rings. The van der Waals surface area contributed by atoms with Gasteiger partial charge in [-0.15, -0.1) is 0 Å². The van der Waals surface area contributed by atoms with Crippen LogP contribution >= 0.6 is 0 Å². The van der Waals surface area contributed by atoms with Gasteiger partial charge in [-0.25, -0.2) is 4.39 Å². The van der Waals surface area contributed by atoms with Crippen molar-refractivity contribution in [3.8, 4) is 0 Å². The van der Waals surface area contributed by atoms with Crippen molar-refractivity contribution in [3.05, 3.63) is 29.6 Å². The van der Waals surface area contributed by atoms with Crippen LogP contribution in [0, 0.1) is 5.82 Å². The molecule has 1 amide bonds. The molecular weight excluding hydrogens is 324 g/mol. The van der Waals surface area contributed by atoms with E-state index in [2.05, 4.69) is 0 Å². The van der Waals surface area contributed by atoms with Gasteiger partial charge in [0.15, 0.2) is 0 Å². The summed E-state index contributed by atoms with van der Waals surface area (Å²) >= 11 is 0. The number of rotatable bonds is 2. The van der Waals surface area contributed by atoms with Crippen LogP contribution in [0.2, 0.25) is 0 Å². The van der Waals surface area contributed by atoms with Gasteiger partial charge < -0.3 is 18.9 Å². The van der Waals surface area contributed by atoms with Crippen LogP contribution in [0.5, 0.6) is 0 Å². The molecule has 0 aromatic heterocycles. The first-order valence-corrected chi connectivity index (χ1v) is 8.66. The molecule has 1 aromatic carbocycles. The molecule has 0 N–H and O–H groups in total. The molecule has 136 valence electrons. The summed E-state index contributed by atoms with van der Waals surface area (Å²) in [6, 6.07) is 4.28. The van der Waals surface area contributed by atoms with Crippen molar-refractivity contribution in [2.24, 2.45) is 0 Å². The number of carbonyl (C=O) groups excluding carboxylic acids is 1. The fraction of sp³-hybridized carbons (Fsp3) is 0.611. The second kappa shape index (κ2) is 6.38. The molecule has 3 rings (SSSR count). The summed E-state index contributed by atoms with van der Waals surface area (Å²) in [7, 11) is -0.698. The molecule has 0 radical (unpaired) electrons. The van der Waals surface area contributed by atoms with Crippen molar-refractivity contribution < 1.29 is 23.2 Å². The minimum absolute atomic E-state index is 0.0196. The van der Waals surface area contributed by atoms with Gasteiger partial charge in [-0.1, -0.05) is 0 Å². The van der Waals surface area contributed by atoms with Crippen molar-refractivity contribution in [1.82, 2.24) is 4.90 Å². The van der Waals surface area contributed by atoms with Gasteiger partial charge in [0.25, 0.3) is 5.91 Å². The van der Waals surface area contributed by atoms with Crippen molar-refractivity contribution >= 4 is 18.5 Å². The van der Waals surface area contributed by atoms with Crippen LogP contribution in [-0.2, 0) is 14.0 Å². The molecule has 1 atom stereocenters. The van der Waals surface area contributed by atoms with E-state index in [0.717, 1.165) is 0 Å². The van der Waals surface area contributed by atoms with Crippen LogP contribution in [0.25, 0.3) is 0 Å². The fourth-order valence-corrected chi connectivity index (χ4v) is 3.04. The molecule has 1 unspecified atom stereocenters. The van der Waals surface area contributed by atoms with Crippen LogP contribution in [-0.4, -0.2) is 54.9 Å². The molecule has 2 aliphatic rings. The standard InChI is InChI=1S/C18H25BFNO4/c1-12-11-21(6-7-23-12)16(22)13-8-14(10-15(20)9-13)19-24-17(2,3)18(4,5)25-19/h8-10,12H,6-7,11H2,1-5H3. The minimum Gasteiger partial charge on any atom is -0.399 e. The van der Waals surface area contributed by atoms with E-state index in [1.165, 1.54) is 12.1 Å². The number of hydrogen-bond donors (Lipinski definition) is 0. The van der Waals surface area contributed by atoms with Crippen molar-refractivity contribution in [2.45, 2.75) is 51.9 Å². The molecule has 2 saturated heterocycles. The fourth-order valence-electron chi connectivity index (χ4n) is 3.04. The van der Waals surface area contributed by atoms with Gasteiger partial charge in [-0.05, 0) is 58.3 Å². The van der Waals surface area contributed by atoms with Crippen LogP contribution in [0.15, 0.2) is 18.2 Å². The Bertz CT molecular complexity index is 663. The molecule has 5 nitrogen and oxygen atoms in total. The molecule has 2 heterocycles. The Balaban J connectivity index is 1.85. The lowest BCUT2D eigenvalue weighted by molar-refractivity contribution is -0.0124. The summed E-state index contributed by atoms with van der Waals surface area (Å²) in [5.41, 5.74) is -0.219. The van der Waals surface area contributed by atoms with Crippen molar-refractivity contribution in [3.63, 3.8) is 0 Å². The summed E-state index contributed by atoms with van der Waals surface area (Å²) < 4.78 is 31.6. The highest BCUT2D eigenvalue weighted by atomic mass is 19.1. The van der Waals surface area contributed by atoms with Crippen LogP contribution in [0.1, 0.15) is 45.0 Å². The normalized spacial score (nSPS) is 25.3. The van der Waals surface area contributed by atoms with E-state index in [-0.39, 0.29) is 12.0 Å². The van der Waals surface area contributed by atoms with Gasteiger partial charge >= 0.3 is 7.12 Å². The van der Waals surface area contributed by atoms with Crippen LogP contribution in [0.3, 0.4) is 0 Å². The van der Waals surface area contributed by atoms with E-state index in [4.69, 9.17) is 14.0 Å². The third kappa shape index (κ3) is 3.59. The third-order valence-electron chi connectivity index (χ3n) is 5.22. The Morgan fingerprint density at radius 1 is 1.20 bits per heavy atom. The monoisotopic (exact) mass is 349 g/mol. The first-order chi connectivity index (χ1) is 11.6. The van der Waals surface area contributed by atoms with E-state index in [1.54, 1.807) is 11.0 Å². The predicted octanol–water partition coefficient (Wildman–Crippen LogP) is 1.99. The second-order valence-corrected chi connectivity index (χ2v) is 7.79. The maximum absolute atomic E-state index is 14.2. The zero-order valence-corrected chi connectivity index (χ0v) is 15.5. The molecule has 7 heteroatoms. The first kappa shape index (κ1) is 18.4. The smallest absolute Gasteiger partial charge is 0.399 e. The van der Waals surface area contributed by atoms with Gasteiger partial charge in [0.05, 0.1) is 23.9 Å². The van der Waals surface area contributed by atoms with E-state index >= 15 is 0 Å². The Morgan fingerprint density at radius 3 is 2.44 bits per heavy atom. The summed E-state index contributed by atoms with van der Waals surface area (Å²) in [5.74, 6) is -0.677. The second-order valence-electron chi connectivity index (χ2n) is 7.79. The van der Waals surface area contributed by atoms with E-state index in [1.807, 2.05) is 34.6 Å². The lowest BCUT2D eigenvalue weighted by Gasteiger charge is -2.32. The number of amides is 1. The number of halogens is 1. The number of morpholine rings is 1.